The third-order valence-corrected chi connectivity index (χ3v) is 3.08. The zero-order chi connectivity index (χ0) is 13.5. The number of likely N-dealkylation sites (N-methyl/N-ethyl adjacent to an activating group) is 1. The first-order chi connectivity index (χ1) is 9.29. The molecule has 102 valence electrons. The van der Waals surface area contributed by atoms with E-state index >= 15 is 0 Å². The Morgan fingerprint density at radius 1 is 1.47 bits per heavy atom. The molecule has 1 aliphatic heterocycles. The van der Waals surface area contributed by atoms with Gasteiger partial charge in [0.05, 0.1) is 18.1 Å². The lowest BCUT2D eigenvalue weighted by Gasteiger charge is -2.29. The largest absolute Gasteiger partial charge is 0.490 e. The smallest absolute Gasteiger partial charge is 0.135 e. The highest BCUT2D eigenvalue weighted by Crippen LogP contribution is 2.17. The molecule has 1 atom stereocenters. The van der Waals surface area contributed by atoms with Crippen molar-refractivity contribution < 1.29 is 9.47 Å². The fourth-order valence-electron chi connectivity index (χ4n) is 1.97. The first kappa shape index (κ1) is 14.2. The summed E-state index contributed by atoms with van der Waals surface area (Å²) in [6, 6.07) is 7.73. The van der Waals surface area contributed by atoms with E-state index in [1.54, 1.807) is 0 Å². The highest BCUT2D eigenvalue weighted by atomic mass is 35.5. The minimum atomic E-state index is 0.118. The van der Waals surface area contributed by atoms with Crippen LogP contribution >= 0.6 is 11.6 Å². The van der Waals surface area contributed by atoms with E-state index in [9.17, 15) is 0 Å². The molecule has 3 nitrogen and oxygen atoms in total. The van der Waals surface area contributed by atoms with Crippen LogP contribution in [0.25, 0.3) is 0 Å². The molecule has 1 heterocycles. The van der Waals surface area contributed by atoms with Crippen LogP contribution in [0.15, 0.2) is 24.3 Å². The van der Waals surface area contributed by atoms with Gasteiger partial charge in [-0.3, -0.25) is 0 Å². The molecular formula is C15H18ClNO2. The maximum atomic E-state index is 5.82. The molecule has 1 saturated heterocycles. The van der Waals surface area contributed by atoms with E-state index in [1.807, 2.05) is 24.3 Å². The number of alkyl halides is 1. The minimum Gasteiger partial charge on any atom is -0.490 e. The lowest BCUT2D eigenvalue weighted by molar-refractivity contribution is -0.0403. The molecule has 19 heavy (non-hydrogen) atoms. The van der Waals surface area contributed by atoms with Crippen LogP contribution in [-0.4, -0.2) is 50.2 Å². The Morgan fingerprint density at radius 3 is 3.11 bits per heavy atom. The Labute approximate surface area is 119 Å². The number of nitrogens with zero attached hydrogens (tertiary/aromatic N) is 1. The average Bonchev–Trinajstić information content (AvgIpc) is 2.44. The van der Waals surface area contributed by atoms with Crippen molar-refractivity contribution in [1.82, 2.24) is 4.90 Å². The lowest BCUT2D eigenvalue weighted by atomic mass is 10.2. The molecule has 1 unspecified atom stereocenters. The van der Waals surface area contributed by atoms with Crippen molar-refractivity contribution in [2.45, 2.75) is 6.10 Å². The predicted octanol–water partition coefficient (Wildman–Crippen LogP) is 1.99. The SMILES string of the molecule is CN1CCOC(COc2ccccc2C#CCCl)C1. The Balaban J connectivity index is 1.95. The van der Waals surface area contributed by atoms with E-state index < -0.39 is 0 Å². The number of rotatable bonds is 3. The summed E-state index contributed by atoms with van der Waals surface area (Å²) in [4.78, 5) is 2.25. The molecule has 1 aromatic rings. The average molecular weight is 280 g/mol. The number of hydrogen-bond acceptors (Lipinski definition) is 3. The van der Waals surface area contributed by atoms with Crippen LogP contribution in [0.2, 0.25) is 0 Å². The molecule has 1 aliphatic rings. The van der Waals surface area contributed by atoms with Gasteiger partial charge in [0, 0.05) is 13.1 Å². The van der Waals surface area contributed by atoms with Crippen molar-refractivity contribution in [2.75, 3.05) is 39.2 Å². The number of morpholine rings is 1. The van der Waals surface area contributed by atoms with Crippen molar-refractivity contribution in [2.24, 2.45) is 0 Å². The van der Waals surface area contributed by atoms with Crippen molar-refractivity contribution in [3.63, 3.8) is 0 Å². The molecular weight excluding hydrogens is 262 g/mol. The lowest BCUT2D eigenvalue weighted by Crippen LogP contribution is -2.42. The first-order valence-electron chi connectivity index (χ1n) is 6.36. The molecule has 0 saturated carbocycles. The van der Waals surface area contributed by atoms with Gasteiger partial charge in [0.15, 0.2) is 0 Å². The van der Waals surface area contributed by atoms with Crippen LogP contribution < -0.4 is 4.74 Å². The Hall–Kier alpha value is -1.21. The zero-order valence-corrected chi connectivity index (χ0v) is 11.8. The number of halogens is 1. The van der Waals surface area contributed by atoms with E-state index in [1.165, 1.54) is 0 Å². The van der Waals surface area contributed by atoms with Crippen LogP contribution in [0.1, 0.15) is 5.56 Å². The summed E-state index contributed by atoms with van der Waals surface area (Å²) in [5, 5.41) is 0. The molecule has 0 aliphatic carbocycles. The normalized spacial score (nSPS) is 19.6. The molecule has 0 N–H and O–H groups in total. The van der Waals surface area contributed by atoms with Crippen LogP contribution in [0.3, 0.4) is 0 Å². The standard InChI is InChI=1S/C15H18ClNO2/c1-17-9-10-18-14(11-17)12-19-15-7-3-2-5-13(15)6-4-8-16/h2-3,5,7,14H,8-12H2,1H3. The van der Waals surface area contributed by atoms with Gasteiger partial charge in [0.2, 0.25) is 0 Å². The Morgan fingerprint density at radius 2 is 2.32 bits per heavy atom. The van der Waals surface area contributed by atoms with Crippen molar-refractivity contribution >= 4 is 11.6 Å². The zero-order valence-electron chi connectivity index (χ0n) is 11.1. The van der Waals surface area contributed by atoms with Gasteiger partial charge in [0.1, 0.15) is 18.5 Å². The molecule has 0 amide bonds. The monoisotopic (exact) mass is 279 g/mol. The number of ether oxygens (including phenoxy) is 2. The van der Waals surface area contributed by atoms with Crippen LogP contribution in [0.4, 0.5) is 0 Å². The van der Waals surface area contributed by atoms with Gasteiger partial charge in [-0.25, -0.2) is 0 Å². The third kappa shape index (κ3) is 4.43. The number of para-hydroxylation sites is 1. The Kier molecular flexibility index (Phi) is 5.53. The van der Waals surface area contributed by atoms with E-state index in [0.717, 1.165) is 31.0 Å². The highest BCUT2D eigenvalue weighted by molar-refractivity contribution is 6.19. The van der Waals surface area contributed by atoms with Gasteiger partial charge in [-0.05, 0) is 19.2 Å². The summed E-state index contributed by atoms with van der Waals surface area (Å²) < 4.78 is 11.5. The fourth-order valence-corrected chi connectivity index (χ4v) is 2.04. The first-order valence-corrected chi connectivity index (χ1v) is 6.90. The second kappa shape index (κ2) is 7.40. The van der Waals surface area contributed by atoms with Gasteiger partial charge in [-0.1, -0.05) is 24.0 Å². The highest BCUT2D eigenvalue weighted by Gasteiger charge is 2.18. The Bertz CT molecular complexity index is 467. The quantitative estimate of drug-likeness (QED) is 0.624. The molecule has 1 aromatic carbocycles. The summed E-state index contributed by atoms with van der Waals surface area (Å²) in [5.74, 6) is 6.96. The summed E-state index contributed by atoms with van der Waals surface area (Å²) in [5.41, 5.74) is 0.868. The topological polar surface area (TPSA) is 21.7 Å². The summed E-state index contributed by atoms with van der Waals surface area (Å²) >= 11 is 5.58. The number of benzene rings is 1. The van der Waals surface area contributed by atoms with Crippen molar-refractivity contribution in [1.29, 1.82) is 0 Å². The molecule has 1 fully saturated rings. The van der Waals surface area contributed by atoms with Crippen molar-refractivity contribution in [3.8, 4) is 17.6 Å². The van der Waals surface area contributed by atoms with Gasteiger partial charge in [-0.15, -0.1) is 11.6 Å². The minimum absolute atomic E-state index is 0.118. The maximum Gasteiger partial charge on any atom is 0.135 e. The molecule has 0 bridgehead atoms. The van der Waals surface area contributed by atoms with Crippen LogP contribution in [0, 0.1) is 11.8 Å². The fraction of sp³-hybridized carbons (Fsp3) is 0.467. The van der Waals surface area contributed by atoms with Gasteiger partial charge in [-0.2, -0.15) is 0 Å². The molecule has 0 aromatic heterocycles. The second-order valence-electron chi connectivity index (χ2n) is 4.50. The summed E-state index contributed by atoms with van der Waals surface area (Å²) in [7, 11) is 2.09. The van der Waals surface area contributed by atoms with E-state index in [0.29, 0.717) is 12.5 Å². The van der Waals surface area contributed by atoms with Crippen LogP contribution in [0.5, 0.6) is 5.75 Å². The number of hydrogen-bond donors (Lipinski definition) is 0. The summed E-state index contributed by atoms with van der Waals surface area (Å²) in [6.07, 6.45) is 0.118. The molecule has 0 spiro atoms. The van der Waals surface area contributed by atoms with Crippen LogP contribution in [-0.2, 0) is 4.74 Å². The maximum absolute atomic E-state index is 5.82. The van der Waals surface area contributed by atoms with Crippen molar-refractivity contribution in [3.05, 3.63) is 29.8 Å². The van der Waals surface area contributed by atoms with E-state index in [-0.39, 0.29) is 6.10 Å². The van der Waals surface area contributed by atoms with Gasteiger partial charge >= 0.3 is 0 Å². The predicted molar refractivity (Wildman–Crippen MR) is 76.8 cm³/mol. The van der Waals surface area contributed by atoms with Gasteiger partial charge in [0.25, 0.3) is 0 Å². The third-order valence-electron chi connectivity index (χ3n) is 2.94. The molecule has 0 radical (unpaired) electrons. The van der Waals surface area contributed by atoms with Gasteiger partial charge < -0.3 is 14.4 Å². The molecule has 2 rings (SSSR count). The summed E-state index contributed by atoms with van der Waals surface area (Å²) in [6.45, 7) is 3.19. The second-order valence-corrected chi connectivity index (χ2v) is 4.76. The van der Waals surface area contributed by atoms with E-state index in [2.05, 4.69) is 23.8 Å². The van der Waals surface area contributed by atoms with E-state index in [4.69, 9.17) is 21.1 Å². The molecule has 4 heteroatoms.